The lowest BCUT2D eigenvalue weighted by Crippen LogP contribution is -2.49. The standard InChI is InChI=1S/C7H11F6NO4S2/c1-5(2)3-4-14(19(15,16)6(8,9)10)20(17,18)7(11,12)13/h5H,3-4H2,1-2H3. The van der Waals surface area contributed by atoms with Crippen molar-refractivity contribution in [2.24, 2.45) is 5.92 Å². The van der Waals surface area contributed by atoms with E-state index in [0.29, 0.717) is 0 Å². The average Bonchev–Trinajstić information content (AvgIpc) is 2.12. The first kappa shape index (κ1) is 19.4. The van der Waals surface area contributed by atoms with Gasteiger partial charge in [0.2, 0.25) is 0 Å². The Morgan fingerprint density at radius 3 is 1.35 bits per heavy atom. The van der Waals surface area contributed by atoms with Crippen LogP contribution < -0.4 is 0 Å². The molecule has 0 atom stereocenters. The van der Waals surface area contributed by atoms with Crippen molar-refractivity contribution in [3.05, 3.63) is 0 Å². The van der Waals surface area contributed by atoms with Crippen LogP contribution in [0.15, 0.2) is 0 Å². The van der Waals surface area contributed by atoms with Gasteiger partial charge in [-0.25, -0.2) is 16.8 Å². The summed E-state index contributed by atoms with van der Waals surface area (Å²) < 4.78 is 116. The molecule has 20 heavy (non-hydrogen) atoms. The normalized spacial score (nSPS) is 15.1. The van der Waals surface area contributed by atoms with Crippen molar-refractivity contribution in [2.45, 2.75) is 31.3 Å². The largest absolute Gasteiger partial charge is 0.512 e. The molecule has 0 unspecified atom stereocenters. The maximum absolute atomic E-state index is 12.3. The van der Waals surface area contributed by atoms with E-state index in [1.807, 2.05) is 0 Å². The number of hydrogen-bond acceptors (Lipinski definition) is 4. The fourth-order valence-electron chi connectivity index (χ4n) is 0.964. The molecule has 0 aliphatic rings. The third-order valence-electron chi connectivity index (χ3n) is 2.01. The summed E-state index contributed by atoms with van der Waals surface area (Å²) in [6.07, 6.45) is -0.495. The molecular formula is C7H11F6NO4S2. The highest BCUT2D eigenvalue weighted by molar-refractivity contribution is 8.04. The van der Waals surface area contributed by atoms with Crippen LogP contribution in [0, 0.1) is 5.92 Å². The summed E-state index contributed by atoms with van der Waals surface area (Å²) in [5, 5.41) is 0. The number of rotatable bonds is 5. The lowest BCUT2D eigenvalue weighted by molar-refractivity contribution is -0.0532. The highest BCUT2D eigenvalue weighted by Crippen LogP contribution is 2.35. The van der Waals surface area contributed by atoms with E-state index in [4.69, 9.17) is 0 Å². The quantitative estimate of drug-likeness (QED) is 0.711. The monoisotopic (exact) mass is 351 g/mol. The number of nitrogens with zero attached hydrogens (tertiary/aromatic N) is 1. The zero-order chi connectivity index (χ0) is 16.6. The minimum atomic E-state index is -6.65. The Labute approximate surface area is 111 Å². The van der Waals surface area contributed by atoms with Crippen LogP contribution in [0.3, 0.4) is 0 Å². The summed E-state index contributed by atoms with van der Waals surface area (Å²) >= 11 is 0. The van der Waals surface area contributed by atoms with Crippen molar-refractivity contribution in [1.82, 2.24) is 3.71 Å². The van der Waals surface area contributed by atoms with Gasteiger partial charge in [-0.3, -0.25) is 0 Å². The zero-order valence-electron chi connectivity index (χ0n) is 10.2. The van der Waals surface area contributed by atoms with E-state index in [9.17, 15) is 43.2 Å². The Bertz CT molecular complexity index is 489. The average molecular weight is 351 g/mol. The minimum absolute atomic E-state index is 0.495. The molecule has 0 rings (SSSR count). The Morgan fingerprint density at radius 1 is 0.850 bits per heavy atom. The molecule has 0 radical (unpaired) electrons. The molecule has 0 amide bonds. The topological polar surface area (TPSA) is 71.5 Å². The second-order valence-electron chi connectivity index (χ2n) is 4.08. The molecule has 0 aliphatic heterocycles. The van der Waals surface area contributed by atoms with Crippen LogP contribution >= 0.6 is 0 Å². The number of sulfonamides is 2. The Balaban J connectivity index is 5.91. The van der Waals surface area contributed by atoms with Gasteiger partial charge in [0.25, 0.3) is 0 Å². The third-order valence-corrected chi connectivity index (χ3v) is 5.80. The van der Waals surface area contributed by atoms with Gasteiger partial charge >= 0.3 is 31.1 Å². The van der Waals surface area contributed by atoms with Gasteiger partial charge in [0.1, 0.15) is 0 Å². The smallest absolute Gasteiger partial charge is 0.202 e. The van der Waals surface area contributed by atoms with Crippen molar-refractivity contribution < 1.29 is 43.2 Å². The molecule has 0 heterocycles. The maximum Gasteiger partial charge on any atom is 0.512 e. The van der Waals surface area contributed by atoms with Crippen LogP contribution in [0.4, 0.5) is 26.3 Å². The van der Waals surface area contributed by atoms with Crippen molar-refractivity contribution in [2.75, 3.05) is 6.54 Å². The van der Waals surface area contributed by atoms with E-state index in [1.54, 1.807) is 0 Å². The predicted octanol–water partition coefficient (Wildman–Crippen LogP) is 2.03. The first-order chi connectivity index (χ1) is 8.55. The molecule has 0 fully saturated rings. The van der Waals surface area contributed by atoms with Crippen molar-refractivity contribution in [3.63, 3.8) is 0 Å². The van der Waals surface area contributed by atoms with E-state index in [2.05, 4.69) is 0 Å². The van der Waals surface area contributed by atoms with E-state index >= 15 is 0 Å². The van der Waals surface area contributed by atoms with Crippen molar-refractivity contribution >= 4 is 20.0 Å². The summed E-state index contributed by atoms with van der Waals surface area (Å²) in [4.78, 5) is 0. The predicted molar refractivity (Wildman–Crippen MR) is 56.1 cm³/mol. The van der Waals surface area contributed by atoms with Crippen molar-refractivity contribution in [1.29, 1.82) is 0 Å². The molecule has 0 saturated heterocycles. The highest BCUT2D eigenvalue weighted by atomic mass is 32.3. The van der Waals surface area contributed by atoms with Crippen LogP contribution in [0.1, 0.15) is 20.3 Å². The number of alkyl halides is 6. The molecule has 122 valence electrons. The third kappa shape index (κ3) is 3.97. The molecule has 13 heteroatoms. The van der Waals surface area contributed by atoms with Gasteiger partial charge in [-0.05, 0) is 12.3 Å². The molecule has 0 saturated carbocycles. The molecule has 0 aromatic heterocycles. The van der Waals surface area contributed by atoms with E-state index in [1.165, 1.54) is 13.8 Å². The van der Waals surface area contributed by atoms with Crippen molar-refractivity contribution in [3.8, 4) is 0 Å². The van der Waals surface area contributed by atoms with Crippen LogP contribution in [-0.4, -0.2) is 38.1 Å². The maximum atomic E-state index is 12.3. The SMILES string of the molecule is CC(C)CCN(S(=O)(=O)C(F)(F)F)S(=O)(=O)C(F)(F)F. The van der Waals surface area contributed by atoms with E-state index in [0.717, 1.165) is 0 Å². The van der Waals surface area contributed by atoms with Crippen LogP contribution in [0.2, 0.25) is 0 Å². The summed E-state index contributed by atoms with van der Waals surface area (Å²) in [6.45, 7) is 1.30. The van der Waals surface area contributed by atoms with Gasteiger partial charge in [-0.15, -0.1) is 0 Å². The number of halogens is 6. The van der Waals surface area contributed by atoms with E-state index < -0.39 is 53.7 Å². The molecule has 0 aromatic carbocycles. The Hall–Kier alpha value is -0.560. The van der Waals surface area contributed by atoms with Gasteiger partial charge in [-0.1, -0.05) is 17.6 Å². The summed E-state index contributed by atoms with van der Waals surface area (Å²) in [5.74, 6) is -0.510. The lowest BCUT2D eigenvalue weighted by Gasteiger charge is -2.24. The fourth-order valence-corrected chi connectivity index (χ4v) is 3.66. The molecule has 0 spiro atoms. The van der Waals surface area contributed by atoms with E-state index in [-0.39, 0.29) is 0 Å². The minimum Gasteiger partial charge on any atom is -0.202 e. The van der Waals surface area contributed by atoms with Crippen LogP contribution in [-0.2, 0) is 20.0 Å². The van der Waals surface area contributed by atoms with Gasteiger partial charge in [0.05, 0.1) is 0 Å². The second kappa shape index (κ2) is 5.67. The van der Waals surface area contributed by atoms with Crippen LogP contribution in [0.25, 0.3) is 0 Å². The summed E-state index contributed by atoms with van der Waals surface area (Å²) in [5.41, 5.74) is -12.3. The van der Waals surface area contributed by atoms with Crippen LogP contribution in [0.5, 0.6) is 0 Å². The van der Waals surface area contributed by atoms with Gasteiger partial charge in [0, 0.05) is 6.54 Å². The number of hydrogen-bond donors (Lipinski definition) is 0. The summed E-state index contributed by atoms with van der Waals surface area (Å²) in [7, 11) is -13.3. The van der Waals surface area contributed by atoms with Gasteiger partial charge in [0.15, 0.2) is 0 Å². The molecular weight excluding hydrogens is 340 g/mol. The zero-order valence-corrected chi connectivity index (χ0v) is 11.8. The molecule has 0 aromatic rings. The fraction of sp³-hybridized carbons (Fsp3) is 1.00. The molecule has 0 aliphatic carbocycles. The molecule has 0 bridgehead atoms. The second-order valence-corrected chi connectivity index (χ2v) is 8.02. The Morgan fingerprint density at radius 2 is 1.15 bits per heavy atom. The highest BCUT2D eigenvalue weighted by Gasteiger charge is 2.61. The van der Waals surface area contributed by atoms with Gasteiger partial charge in [-0.2, -0.15) is 26.3 Å². The first-order valence-corrected chi connectivity index (χ1v) is 7.83. The Kier molecular flexibility index (Phi) is 5.52. The summed E-state index contributed by atoms with van der Waals surface area (Å²) in [6, 6.07) is 0. The molecule has 0 N–H and O–H groups in total. The first-order valence-electron chi connectivity index (χ1n) is 4.95. The lowest BCUT2D eigenvalue weighted by atomic mass is 10.1. The molecule has 5 nitrogen and oxygen atoms in total. The van der Waals surface area contributed by atoms with Gasteiger partial charge < -0.3 is 0 Å².